The van der Waals surface area contributed by atoms with Gasteiger partial charge in [0.2, 0.25) is 0 Å². The molecule has 4 rings (SSSR count). The smallest absolute Gasteiger partial charge is 0.156 e. The number of H-pyrrole nitrogens is 2. The zero-order valence-corrected chi connectivity index (χ0v) is 12.6. The molecule has 1 aliphatic rings. The lowest BCUT2D eigenvalue weighted by molar-refractivity contribution is 0.555. The third-order valence-electron chi connectivity index (χ3n) is 4.39. The van der Waals surface area contributed by atoms with Crippen molar-refractivity contribution in [2.75, 3.05) is 18.0 Å². The van der Waals surface area contributed by atoms with Gasteiger partial charge in [-0.25, -0.2) is 4.98 Å². The molecule has 0 amide bonds. The van der Waals surface area contributed by atoms with Gasteiger partial charge in [0.25, 0.3) is 0 Å². The number of benzene rings is 1. The predicted molar refractivity (Wildman–Crippen MR) is 84.6 cm³/mol. The molecule has 0 atom stereocenters. The molecule has 3 heterocycles. The number of anilines is 1. The zero-order chi connectivity index (χ0) is 14.6. The van der Waals surface area contributed by atoms with Crippen molar-refractivity contribution in [2.24, 2.45) is 0 Å². The Balaban J connectivity index is 1.91. The molecule has 0 fully saturated rings. The summed E-state index contributed by atoms with van der Waals surface area (Å²) in [5.41, 5.74) is 5.91. The molecular formula is C16H19N5. The minimum absolute atomic E-state index is 0.179. The maximum absolute atomic E-state index is 4.70. The highest BCUT2D eigenvalue weighted by Gasteiger charge is 2.34. The van der Waals surface area contributed by atoms with E-state index in [0.29, 0.717) is 0 Å². The maximum Gasteiger partial charge on any atom is 0.156 e. The summed E-state index contributed by atoms with van der Waals surface area (Å²) in [5.74, 6) is 0.840. The van der Waals surface area contributed by atoms with E-state index >= 15 is 0 Å². The minimum atomic E-state index is 0.179. The first-order valence-corrected chi connectivity index (χ1v) is 7.37. The van der Waals surface area contributed by atoms with Gasteiger partial charge in [-0.1, -0.05) is 13.8 Å². The van der Waals surface area contributed by atoms with Crippen LogP contribution < -0.4 is 4.90 Å². The van der Waals surface area contributed by atoms with E-state index in [9.17, 15) is 0 Å². The Hall–Kier alpha value is -2.30. The number of nitrogens with one attached hydrogen (secondary N) is 2. The quantitative estimate of drug-likeness (QED) is 0.759. The van der Waals surface area contributed by atoms with Crippen molar-refractivity contribution in [1.29, 1.82) is 0 Å². The van der Waals surface area contributed by atoms with Gasteiger partial charge in [0, 0.05) is 30.4 Å². The highest BCUT2D eigenvalue weighted by atomic mass is 15.2. The molecule has 5 heteroatoms. The minimum Gasteiger partial charge on any atom is -0.371 e. The maximum atomic E-state index is 4.70. The van der Waals surface area contributed by atoms with Gasteiger partial charge in [0.15, 0.2) is 5.82 Å². The van der Waals surface area contributed by atoms with Crippen molar-refractivity contribution >= 4 is 16.7 Å². The second-order valence-electron chi connectivity index (χ2n) is 6.34. The Morgan fingerprint density at radius 2 is 2.19 bits per heavy atom. The monoisotopic (exact) mass is 281 g/mol. The van der Waals surface area contributed by atoms with Crippen LogP contribution in [0.2, 0.25) is 0 Å². The van der Waals surface area contributed by atoms with Crippen LogP contribution in [-0.4, -0.2) is 33.3 Å². The van der Waals surface area contributed by atoms with Crippen LogP contribution in [-0.2, 0) is 5.41 Å². The Kier molecular flexibility index (Phi) is 2.43. The van der Waals surface area contributed by atoms with E-state index in [2.05, 4.69) is 53.0 Å². The van der Waals surface area contributed by atoms with Gasteiger partial charge in [-0.3, -0.25) is 5.10 Å². The summed E-state index contributed by atoms with van der Waals surface area (Å²) < 4.78 is 0. The average molecular weight is 281 g/mol. The lowest BCUT2D eigenvalue weighted by Crippen LogP contribution is -2.28. The summed E-state index contributed by atoms with van der Waals surface area (Å²) in [7, 11) is 0. The molecule has 0 radical (unpaired) electrons. The topological polar surface area (TPSA) is 60.6 Å². The number of fused-ring (bicyclic) bond motifs is 2. The van der Waals surface area contributed by atoms with Gasteiger partial charge in [-0.15, -0.1) is 0 Å². The Bertz CT molecular complexity index is 798. The number of nitrogens with zero attached hydrogens (tertiary/aromatic N) is 3. The first kappa shape index (κ1) is 12.4. The highest BCUT2D eigenvalue weighted by molar-refractivity contribution is 5.86. The molecule has 0 aliphatic carbocycles. The standard InChI is InChI=1S/C16H19N5/c1-4-21-9-16(2,3)10-7-12-13(8-14(10)21)19-15(18-12)11-5-6-17-20-11/h5-8H,4,9H2,1-3H3,(H,17,20)(H,18,19). The summed E-state index contributed by atoms with van der Waals surface area (Å²) in [4.78, 5) is 10.5. The SMILES string of the molecule is CCN1CC(C)(C)c2cc3[nH]c(-c4ccn[nH]4)nc3cc21. The Labute approximate surface area is 123 Å². The normalized spacial score (nSPS) is 16.6. The van der Waals surface area contributed by atoms with Crippen LogP contribution in [0.25, 0.3) is 22.6 Å². The van der Waals surface area contributed by atoms with Crippen LogP contribution in [0.1, 0.15) is 26.3 Å². The van der Waals surface area contributed by atoms with Crippen molar-refractivity contribution in [1.82, 2.24) is 20.2 Å². The van der Waals surface area contributed by atoms with Gasteiger partial charge in [-0.05, 0) is 30.7 Å². The number of aromatic nitrogens is 4. The van der Waals surface area contributed by atoms with Crippen molar-refractivity contribution in [3.05, 3.63) is 30.0 Å². The summed E-state index contributed by atoms with van der Waals surface area (Å²) in [6.07, 6.45) is 1.74. The molecule has 2 N–H and O–H groups in total. The van der Waals surface area contributed by atoms with E-state index in [1.807, 2.05) is 6.07 Å². The molecule has 2 aromatic heterocycles. The molecule has 1 aliphatic heterocycles. The first-order chi connectivity index (χ1) is 10.1. The second-order valence-corrected chi connectivity index (χ2v) is 6.34. The van der Waals surface area contributed by atoms with Crippen LogP contribution in [0.3, 0.4) is 0 Å². The first-order valence-electron chi connectivity index (χ1n) is 7.37. The average Bonchev–Trinajstić information content (AvgIpc) is 3.14. The van der Waals surface area contributed by atoms with Crippen molar-refractivity contribution < 1.29 is 0 Å². The molecule has 5 nitrogen and oxygen atoms in total. The highest BCUT2D eigenvalue weighted by Crippen LogP contribution is 2.42. The van der Waals surface area contributed by atoms with Gasteiger partial charge in [0.05, 0.1) is 11.0 Å². The van der Waals surface area contributed by atoms with E-state index < -0.39 is 0 Å². The van der Waals surface area contributed by atoms with E-state index in [4.69, 9.17) is 4.98 Å². The molecule has 3 aromatic rings. The number of hydrogen-bond donors (Lipinski definition) is 2. The Morgan fingerprint density at radius 3 is 2.90 bits per heavy atom. The lowest BCUT2D eigenvalue weighted by Gasteiger charge is -2.20. The van der Waals surface area contributed by atoms with Crippen molar-refractivity contribution in [3.63, 3.8) is 0 Å². The number of likely N-dealkylation sites (N-methyl/N-ethyl adjacent to an activating group) is 1. The fraction of sp³-hybridized carbons (Fsp3) is 0.375. The van der Waals surface area contributed by atoms with E-state index in [-0.39, 0.29) is 5.41 Å². The summed E-state index contributed by atoms with van der Waals surface area (Å²) in [6.45, 7) is 8.91. The van der Waals surface area contributed by atoms with Gasteiger partial charge in [0.1, 0.15) is 5.69 Å². The fourth-order valence-corrected chi connectivity index (χ4v) is 3.29. The predicted octanol–water partition coefficient (Wildman–Crippen LogP) is 3.07. The molecule has 0 spiro atoms. The number of hydrogen-bond acceptors (Lipinski definition) is 3. The molecule has 1 aromatic carbocycles. The largest absolute Gasteiger partial charge is 0.371 e. The molecule has 0 bridgehead atoms. The van der Waals surface area contributed by atoms with Crippen LogP contribution in [0.15, 0.2) is 24.4 Å². The van der Waals surface area contributed by atoms with Crippen molar-refractivity contribution in [2.45, 2.75) is 26.2 Å². The summed E-state index contributed by atoms with van der Waals surface area (Å²) >= 11 is 0. The van der Waals surface area contributed by atoms with Crippen molar-refractivity contribution in [3.8, 4) is 11.5 Å². The molecule has 0 saturated carbocycles. The molecule has 0 saturated heterocycles. The molecule has 108 valence electrons. The third-order valence-corrected chi connectivity index (χ3v) is 4.39. The molecule has 21 heavy (non-hydrogen) atoms. The zero-order valence-electron chi connectivity index (χ0n) is 12.6. The number of rotatable bonds is 2. The fourth-order valence-electron chi connectivity index (χ4n) is 3.29. The van der Waals surface area contributed by atoms with E-state index in [1.165, 1.54) is 11.3 Å². The second kappa shape index (κ2) is 4.10. The number of imidazole rings is 1. The summed E-state index contributed by atoms with van der Waals surface area (Å²) in [6, 6.07) is 6.39. The van der Waals surface area contributed by atoms with E-state index in [1.54, 1.807) is 6.20 Å². The summed E-state index contributed by atoms with van der Waals surface area (Å²) in [5, 5.41) is 6.94. The molecular weight excluding hydrogens is 262 g/mol. The Morgan fingerprint density at radius 1 is 1.33 bits per heavy atom. The van der Waals surface area contributed by atoms with Gasteiger partial charge < -0.3 is 9.88 Å². The van der Waals surface area contributed by atoms with Crippen LogP contribution >= 0.6 is 0 Å². The van der Waals surface area contributed by atoms with Crippen LogP contribution in [0, 0.1) is 0 Å². The lowest BCUT2D eigenvalue weighted by atomic mass is 9.87. The van der Waals surface area contributed by atoms with Gasteiger partial charge in [-0.2, -0.15) is 5.10 Å². The van der Waals surface area contributed by atoms with E-state index in [0.717, 1.165) is 35.6 Å². The third kappa shape index (κ3) is 1.77. The van der Waals surface area contributed by atoms with Gasteiger partial charge >= 0.3 is 0 Å². The van der Waals surface area contributed by atoms with Crippen LogP contribution in [0.5, 0.6) is 0 Å². The number of aromatic amines is 2. The van der Waals surface area contributed by atoms with Crippen LogP contribution in [0.4, 0.5) is 5.69 Å². The molecule has 0 unspecified atom stereocenters.